The Morgan fingerprint density at radius 1 is 0.200 bits per heavy atom. The number of aryl methyl sites for hydroxylation is 8. The van der Waals surface area contributed by atoms with Gasteiger partial charge in [-0.3, -0.25) is 0 Å². The minimum Gasteiger partial charge on any atom is -0.369 e. The predicted molar refractivity (Wildman–Crippen MR) is 325 cm³/mol. The number of benzene rings is 9. The number of hydrogen-bond acceptors (Lipinski definition) is 4. The van der Waals surface area contributed by atoms with Crippen molar-refractivity contribution in [3.63, 3.8) is 0 Å². The van der Waals surface area contributed by atoms with Gasteiger partial charge in [0.05, 0.1) is 0 Å². The monoisotopic (exact) mass is 1040 g/mol. The van der Waals surface area contributed by atoms with E-state index in [9.17, 15) is 20.4 Å². The van der Waals surface area contributed by atoms with Crippen molar-refractivity contribution in [1.29, 1.82) is 0 Å². The van der Waals surface area contributed by atoms with Crippen LogP contribution in [-0.2, 0) is 22.4 Å². The normalized spacial score (nSPS) is 11.5. The van der Waals surface area contributed by atoms with E-state index in [1.54, 1.807) is 0 Å². The molecule has 4 nitrogen and oxygen atoms in total. The van der Waals surface area contributed by atoms with Crippen LogP contribution in [0.4, 0.5) is 0 Å². The first-order valence-corrected chi connectivity index (χ1v) is 27.0. The standard InChI is InChI=1S/C76H66O4/c1-51-11-27-61(28-12-51)73(77,62-29-13-52(2)14-30-62)47-43-69-59(9)71(45-49-75(79,65-35-19-55(5)20-36-65)66-37-21-56(6)22-38-66)72(46-50-76(80,67-39-23-57(7)24-40-67)68-41-25-58(8)26-42-68)60(10)70(69)44-48-74(78,63-31-15-53(3)16-32-63)64-33-17-54(4)18-34-64/h11-42,77-80H,1-10H3. The summed E-state index contributed by atoms with van der Waals surface area (Å²) in [4.78, 5) is 0. The van der Waals surface area contributed by atoms with Crippen LogP contribution in [-0.4, -0.2) is 20.4 Å². The zero-order valence-electron chi connectivity index (χ0n) is 47.3. The molecule has 0 aromatic heterocycles. The second-order valence-corrected chi connectivity index (χ2v) is 21.5. The topological polar surface area (TPSA) is 80.9 Å². The summed E-state index contributed by atoms with van der Waals surface area (Å²) in [5, 5.41) is 52.6. The van der Waals surface area contributed by atoms with Crippen LogP contribution in [0.2, 0.25) is 0 Å². The molecule has 394 valence electrons. The maximum Gasteiger partial charge on any atom is 0.177 e. The highest BCUT2D eigenvalue weighted by Crippen LogP contribution is 2.37. The molecule has 0 heterocycles. The first-order valence-electron chi connectivity index (χ1n) is 27.0. The Hall–Kier alpha value is -8.94. The fourth-order valence-corrected chi connectivity index (χ4v) is 9.84. The van der Waals surface area contributed by atoms with Gasteiger partial charge in [-0.1, -0.05) is 286 Å². The van der Waals surface area contributed by atoms with Crippen LogP contribution in [0.5, 0.6) is 0 Å². The van der Waals surface area contributed by atoms with Crippen molar-refractivity contribution in [1.82, 2.24) is 0 Å². The Morgan fingerprint density at radius 2 is 0.312 bits per heavy atom. The van der Waals surface area contributed by atoms with Crippen LogP contribution in [0, 0.1) is 117 Å². The van der Waals surface area contributed by atoms with Gasteiger partial charge in [0, 0.05) is 66.8 Å². The third kappa shape index (κ3) is 11.5. The summed E-state index contributed by atoms with van der Waals surface area (Å²) in [6.45, 7) is 19.8. The lowest BCUT2D eigenvalue weighted by molar-refractivity contribution is 0.145. The zero-order chi connectivity index (χ0) is 57.0. The van der Waals surface area contributed by atoms with Gasteiger partial charge in [-0.2, -0.15) is 0 Å². The Balaban J connectivity index is 1.42. The van der Waals surface area contributed by atoms with Gasteiger partial charge in [0.25, 0.3) is 0 Å². The molecule has 0 amide bonds. The lowest BCUT2D eigenvalue weighted by Crippen LogP contribution is -2.26. The second-order valence-electron chi connectivity index (χ2n) is 21.5. The summed E-state index contributed by atoms with van der Waals surface area (Å²) in [6, 6.07) is 61.6. The first kappa shape index (κ1) is 55.8. The molecule has 0 saturated carbocycles. The molecular formula is C76H66O4. The molecule has 9 aromatic rings. The summed E-state index contributed by atoms with van der Waals surface area (Å²) in [7, 11) is 0. The third-order valence-electron chi connectivity index (χ3n) is 15.2. The second kappa shape index (κ2) is 22.8. The number of aliphatic hydroxyl groups is 4. The molecule has 0 aliphatic carbocycles. The Labute approximate surface area is 473 Å². The fraction of sp³-hybridized carbons (Fsp3) is 0.184. The van der Waals surface area contributed by atoms with E-state index in [4.69, 9.17) is 0 Å². The van der Waals surface area contributed by atoms with Gasteiger partial charge >= 0.3 is 0 Å². The molecule has 9 aromatic carbocycles. The van der Waals surface area contributed by atoms with Crippen LogP contribution in [0.3, 0.4) is 0 Å². The quantitative estimate of drug-likeness (QED) is 0.114. The molecular weight excluding hydrogens is 977 g/mol. The molecule has 4 heteroatoms. The minimum absolute atomic E-state index is 0.430. The maximum atomic E-state index is 13.1. The van der Waals surface area contributed by atoms with Gasteiger partial charge in [0.2, 0.25) is 0 Å². The highest BCUT2D eigenvalue weighted by atomic mass is 16.3. The lowest BCUT2D eigenvalue weighted by atomic mass is 9.82. The maximum absolute atomic E-state index is 13.1. The number of rotatable bonds is 8. The third-order valence-corrected chi connectivity index (χ3v) is 15.2. The van der Waals surface area contributed by atoms with Gasteiger partial charge in [-0.15, -0.1) is 0 Å². The highest BCUT2D eigenvalue weighted by Gasteiger charge is 2.34. The average molecular weight is 1040 g/mol. The van der Waals surface area contributed by atoms with Crippen molar-refractivity contribution >= 4 is 0 Å². The smallest absolute Gasteiger partial charge is 0.177 e. The zero-order valence-corrected chi connectivity index (χ0v) is 47.3. The van der Waals surface area contributed by atoms with Gasteiger partial charge in [0.1, 0.15) is 0 Å². The van der Waals surface area contributed by atoms with Crippen molar-refractivity contribution in [2.45, 2.75) is 91.6 Å². The summed E-state index contributed by atoms with van der Waals surface area (Å²) < 4.78 is 0. The largest absolute Gasteiger partial charge is 0.369 e. The summed E-state index contributed by atoms with van der Waals surface area (Å²) in [5.41, 5.74) is 8.40. The van der Waals surface area contributed by atoms with E-state index in [2.05, 4.69) is 47.4 Å². The van der Waals surface area contributed by atoms with Crippen molar-refractivity contribution in [3.8, 4) is 47.4 Å². The summed E-state index contributed by atoms with van der Waals surface area (Å²) >= 11 is 0. The molecule has 0 aliphatic rings. The summed E-state index contributed by atoms with van der Waals surface area (Å²) in [6.07, 6.45) is 0. The van der Waals surface area contributed by atoms with Gasteiger partial charge in [-0.05, 0) is 80.4 Å². The van der Waals surface area contributed by atoms with E-state index >= 15 is 0 Å². The summed E-state index contributed by atoms with van der Waals surface area (Å²) in [5.74, 6) is 27.4. The molecule has 0 saturated heterocycles. The molecule has 0 atom stereocenters. The van der Waals surface area contributed by atoms with E-state index in [-0.39, 0.29) is 0 Å². The van der Waals surface area contributed by atoms with Gasteiger partial charge in [0.15, 0.2) is 22.4 Å². The van der Waals surface area contributed by atoms with E-state index in [1.165, 1.54) is 0 Å². The van der Waals surface area contributed by atoms with Crippen molar-refractivity contribution in [2.24, 2.45) is 0 Å². The van der Waals surface area contributed by atoms with Gasteiger partial charge < -0.3 is 20.4 Å². The Bertz CT molecular complexity index is 3270. The highest BCUT2D eigenvalue weighted by molar-refractivity contribution is 5.72. The molecule has 0 aliphatic heterocycles. The molecule has 0 fully saturated rings. The number of hydrogen-bond donors (Lipinski definition) is 4. The minimum atomic E-state index is -1.81. The molecule has 9 rings (SSSR count). The molecule has 0 bridgehead atoms. The van der Waals surface area contributed by atoms with Crippen LogP contribution in [0.25, 0.3) is 0 Å². The SMILES string of the molecule is Cc1ccc(C(O)(C#Cc2c(C)c(C#CC(O)(c3ccc(C)cc3)c3ccc(C)cc3)c(C#CC(O)(c3ccc(C)cc3)c3ccc(C)cc3)c(C)c2C#CC(O)(c2ccc(C)cc2)c2ccc(C)cc2)c2ccc(C)cc2)cc1. The van der Waals surface area contributed by atoms with E-state index in [0.717, 1.165) is 44.5 Å². The van der Waals surface area contributed by atoms with Crippen molar-refractivity contribution in [2.75, 3.05) is 0 Å². The Kier molecular flexibility index (Phi) is 15.9. The molecule has 80 heavy (non-hydrogen) atoms. The van der Waals surface area contributed by atoms with Crippen molar-refractivity contribution in [3.05, 3.63) is 317 Å². The first-order chi connectivity index (χ1) is 38.2. The average Bonchev–Trinajstić information content (AvgIpc) is 3.50. The Morgan fingerprint density at radius 3 is 0.425 bits per heavy atom. The molecule has 0 unspecified atom stereocenters. The van der Waals surface area contributed by atoms with Gasteiger partial charge in [-0.25, -0.2) is 0 Å². The van der Waals surface area contributed by atoms with Crippen LogP contribution in [0.1, 0.15) is 122 Å². The lowest BCUT2D eigenvalue weighted by Gasteiger charge is -2.25. The van der Waals surface area contributed by atoms with Crippen LogP contribution < -0.4 is 0 Å². The van der Waals surface area contributed by atoms with Crippen LogP contribution in [0.15, 0.2) is 194 Å². The van der Waals surface area contributed by atoms with Crippen molar-refractivity contribution < 1.29 is 20.4 Å². The van der Waals surface area contributed by atoms with E-state index in [1.807, 2.05) is 263 Å². The molecule has 0 radical (unpaired) electrons. The van der Waals surface area contributed by atoms with E-state index < -0.39 is 22.4 Å². The predicted octanol–water partition coefficient (Wildman–Crippen LogP) is 13.9. The molecule has 4 N–H and O–H groups in total. The fourth-order valence-electron chi connectivity index (χ4n) is 9.84. The van der Waals surface area contributed by atoms with E-state index in [0.29, 0.717) is 77.9 Å². The van der Waals surface area contributed by atoms with Crippen LogP contribution >= 0.6 is 0 Å². The molecule has 0 spiro atoms.